The zero-order valence-electron chi connectivity index (χ0n) is 20.6. The Morgan fingerprint density at radius 2 is 1.62 bits per heavy atom. The van der Waals surface area contributed by atoms with Crippen LogP contribution in [0, 0.1) is 13.8 Å². The minimum atomic E-state index is -0.0128. The van der Waals surface area contributed by atoms with Gasteiger partial charge in [0.2, 0.25) is 0 Å². The lowest BCUT2D eigenvalue weighted by Gasteiger charge is -2.06. The molecule has 1 aromatic heterocycles. The largest absolute Gasteiger partial charge is 0.489 e. The summed E-state index contributed by atoms with van der Waals surface area (Å²) in [5.74, 6) is 0.583. The summed E-state index contributed by atoms with van der Waals surface area (Å²) in [7, 11) is 1.95. The average Bonchev–Trinajstić information content (AvgIpc) is 3.17. The Morgan fingerprint density at radius 3 is 2.03 bits per heavy atom. The van der Waals surface area contributed by atoms with Gasteiger partial charge in [0.15, 0.2) is 12.1 Å². The van der Waals surface area contributed by atoms with Crippen LogP contribution in [0.25, 0.3) is 0 Å². The van der Waals surface area contributed by atoms with Crippen LogP contribution >= 0.6 is 11.3 Å². The molecule has 1 heterocycles. The lowest BCUT2D eigenvalue weighted by Crippen LogP contribution is -2.04. The Morgan fingerprint density at radius 1 is 1.03 bits per heavy atom. The van der Waals surface area contributed by atoms with Crippen LogP contribution in [0.15, 0.2) is 84.7 Å². The van der Waals surface area contributed by atoms with Crippen molar-refractivity contribution in [3.05, 3.63) is 111 Å². The summed E-state index contributed by atoms with van der Waals surface area (Å²) < 4.78 is 5.53. The van der Waals surface area contributed by atoms with E-state index >= 15 is 0 Å². The van der Waals surface area contributed by atoms with E-state index in [4.69, 9.17) is 4.74 Å². The van der Waals surface area contributed by atoms with Crippen LogP contribution in [0.3, 0.4) is 0 Å². The molecule has 180 valence electrons. The molecule has 3 rings (SSSR count). The number of rotatable bonds is 8. The molecule has 0 unspecified atom stereocenters. The fraction of sp³-hybridized carbons (Fsp3) is 0.250. The molecule has 0 bridgehead atoms. The second kappa shape index (κ2) is 17.2. The van der Waals surface area contributed by atoms with Crippen molar-refractivity contribution < 1.29 is 14.3 Å². The standard InChI is InChI=1S/C14H16O2.C8H11N.C6H7NOS/c1-3-7-14(10-12(2)15)16-11-13-8-5-4-6-9-13;1-9-7-8-5-3-2-4-6-8;1-4-6(3-8)9-5(2)7-4/h3-10H,11H2,1-2H3;2-6,9H,7H2,1H3;3H,1-2H3/b7-3-,14-10+;;. The molecule has 0 amide bonds. The summed E-state index contributed by atoms with van der Waals surface area (Å²) in [5.41, 5.74) is 3.26. The van der Waals surface area contributed by atoms with Gasteiger partial charge >= 0.3 is 0 Å². The summed E-state index contributed by atoms with van der Waals surface area (Å²) in [4.78, 5) is 26.0. The molecule has 1 N–H and O–H groups in total. The van der Waals surface area contributed by atoms with Crippen LogP contribution in [0.5, 0.6) is 0 Å². The van der Waals surface area contributed by atoms with Gasteiger partial charge in [0, 0.05) is 12.6 Å². The molecule has 0 aliphatic rings. The fourth-order valence-corrected chi connectivity index (χ4v) is 3.44. The van der Waals surface area contributed by atoms with Crippen molar-refractivity contribution in [1.82, 2.24) is 10.3 Å². The second-order valence-corrected chi connectivity index (χ2v) is 8.48. The Hall–Kier alpha value is -3.35. The van der Waals surface area contributed by atoms with E-state index in [-0.39, 0.29) is 5.78 Å². The van der Waals surface area contributed by atoms with E-state index in [1.807, 2.05) is 82.4 Å². The predicted molar refractivity (Wildman–Crippen MR) is 141 cm³/mol. The molecule has 0 fully saturated rings. The summed E-state index contributed by atoms with van der Waals surface area (Å²) in [6.07, 6.45) is 5.97. The first kappa shape index (κ1) is 28.7. The highest BCUT2D eigenvalue weighted by molar-refractivity contribution is 7.13. The number of hydrogen-bond acceptors (Lipinski definition) is 6. The van der Waals surface area contributed by atoms with Gasteiger partial charge in [-0.05, 0) is 51.9 Å². The first-order valence-electron chi connectivity index (χ1n) is 11.0. The van der Waals surface area contributed by atoms with Gasteiger partial charge in [-0.25, -0.2) is 4.98 Å². The lowest BCUT2D eigenvalue weighted by molar-refractivity contribution is -0.112. The van der Waals surface area contributed by atoms with Crippen LogP contribution in [-0.4, -0.2) is 24.1 Å². The van der Waals surface area contributed by atoms with Crippen LogP contribution in [-0.2, 0) is 22.7 Å². The number of hydrogen-bond donors (Lipinski definition) is 1. The highest BCUT2D eigenvalue weighted by atomic mass is 32.1. The molecule has 34 heavy (non-hydrogen) atoms. The number of aldehydes is 1. The number of aromatic nitrogens is 1. The number of ketones is 1. The van der Waals surface area contributed by atoms with Crippen molar-refractivity contribution in [2.24, 2.45) is 0 Å². The predicted octanol–water partition coefficient (Wildman–Crippen LogP) is 6.23. The highest BCUT2D eigenvalue weighted by Crippen LogP contribution is 2.13. The van der Waals surface area contributed by atoms with Gasteiger partial charge in [-0.2, -0.15) is 0 Å². The van der Waals surface area contributed by atoms with Gasteiger partial charge in [-0.1, -0.05) is 66.7 Å². The molecule has 0 saturated carbocycles. The summed E-state index contributed by atoms with van der Waals surface area (Å²) >= 11 is 1.44. The monoisotopic (exact) mass is 478 g/mol. The average molecular weight is 479 g/mol. The van der Waals surface area contributed by atoms with Crippen LogP contribution < -0.4 is 5.32 Å². The molecular weight excluding hydrogens is 444 g/mol. The first-order valence-corrected chi connectivity index (χ1v) is 11.8. The third-order valence-electron chi connectivity index (χ3n) is 4.19. The highest BCUT2D eigenvalue weighted by Gasteiger charge is 2.00. The molecular formula is C28H34N2O3S. The van der Waals surface area contributed by atoms with Gasteiger partial charge < -0.3 is 10.1 Å². The van der Waals surface area contributed by atoms with Crippen molar-refractivity contribution >= 4 is 23.4 Å². The van der Waals surface area contributed by atoms with Crippen molar-refractivity contribution in [2.45, 2.75) is 40.8 Å². The molecule has 2 aromatic carbocycles. The molecule has 0 radical (unpaired) electrons. The molecule has 5 nitrogen and oxygen atoms in total. The summed E-state index contributed by atoms with van der Waals surface area (Å²) in [6, 6.07) is 20.2. The van der Waals surface area contributed by atoms with Crippen molar-refractivity contribution in [3.8, 4) is 0 Å². The van der Waals surface area contributed by atoms with E-state index < -0.39 is 0 Å². The number of carbonyl (C=O) groups is 2. The maximum Gasteiger partial charge on any atom is 0.161 e. The van der Waals surface area contributed by atoms with E-state index in [2.05, 4.69) is 22.4 Å². The lowest BCUT2D eigenvalue weighted by atomic mass is 10.2. The summed E-state index contributed by atoms with van der Waals surface area (Å²) in [6.45, 7) is 8.57. The van der Waals surface area contributed by atoms with E-state index in [0.717, 1.165) is 34.0 Å². The van der Waals surface area contributed by atoms with Gasteiger partial charge in [-0.15, -0.1) is 11.3 Å². The number of benzene rings is 2. The number of aryl methyl sites for hydroxylation is 2. The van der Waals surface area contributed by atoms with E-state index in [1.54, 1.807) is 6.08 Å². The molecule has 0 aliphatic heterocycles. The fourth-order valence-electron chi connectivity index (χ4n) is 2.70. The normalized spacial score (nSPS) is 10.6. The van der Waals surface area contributed by atoms with Crippen LogP contribution in [0.2, 0.25) is 0 Å². The first-order chi connectivity index (χ1) is 16.4. The third kappa shape index (κ3) is 12.6. The topological polar surface area (TPSA) is 68.3 Å². The molecule has 0 atom stereocenters. The minimum absolute atomic E-state index is 0.0128. The van der Waals surface area contributed by atoms with Gasteiger partial charge in [0.05, 0.1) is 15.6 Å². The van der Waals surface area contributed by atoms with Crippen molar-refractivity contribution in [3.63, 3.8) is 0 Å². The van der Waals surface area contributed by atoms with Crippen molar-refractivity contribution in [1.29, 1.82) is 0 Å². The molecule has 0 saturated heterocycles. The SMILES string of the molecule is C/C=C\C(=C/C(C)=O)OCc1ccccc1.CNCc1ccccc1.Cc1nc(C)c(C=O)s1. The summed E-state index contributed by atoms with van der Waals surface area (Å²) in [5, 5.41) is 4.04. The Kier molecular flexibility index (Phi) is 14.5. The molecule has 0 spiro atoms. The van der Waals surface area contributed by atoms with Crippen molar-refractivity contribution in [2.75, 3.05) is 7.05 Å². The van der Waals surface area contributed by atoms with E-state index in [0.29, 0.717) is 12.4 Å². The Bertz CT molecular complexity index is 1040. The smallest absolute Gasteiger partial charge is 0.161 e. The minimum Gasteiger partial charge on any atom is -0.489 e. The second-order valence-electron chi connectivity index (χ2n) is 7.25. The number of nitrogens with one attached hydrogen (secondary N) is 1. The van der Waals surface area contributed by atoms with Crippen LogP contribution in [0.4, 0.5) is 0 Å². The number of allylic oxidation sites excluding steroid dienone is 3. The van der Waals surface area contributed by atoms with Gasteiger partial charge in [0.25, 0.3) is 0 Å². The van der Waals surface area contributed by atoms with E-state index in [9.17, 15) is 9.59 Å². The number of ether oxygens (including phenoxy) is 1. The maximum atomic E-state index is 11.0. The Labute approximate surface area is 207 Å². The van der Waals surface area contributed by atoms with Gasteiger partial charge in [-0.3, -0.25) is 9.59 Å². The van der Waals surface area contributed by atoms with Crippen LogP contribution in [0.1, 0.15) is 45.3 Å². The zero-order valence-corrected chi connectivity index (χ0v) is 21.4. The van der Waals surface area contributed by atoms with Gasteiger partial charge in [0.1, 0.15) is 12.4 Å². The number of carbonyl (C=O) groups excluding carboxylic acids is 2. The Balaban J connectivity index is 0.000000274. The molecule has 3 aromatic rings. The zero-order chi connectivity index (χ0) is 25.2. The molecule has 0 aliphatic carbocycles. The number of nitrogens with zero attached hydrogens (tertiary/aromatic N) is 1. The molecule has 6 heteroatoms. The maximum absolute atomic E-state index is 11.0. The quantitative estimate of drug-likeness (QED) is 0.180. The number of thiazole rings is 1. The van der Waals surface area contributed by atoms with E-state index in [1.165, 1.54) is 29.9 Å². The third-order valence-corrected chi connectivity index (χ3v) is 5.19.